The van der Waals surface area contributed by atoms with E-state index < -0.39 is 10.0 Å². The molecule has 0 spiro atoms. The van der Waals surface area contributed by atoms with E-state index in [0.717, 1.165) is 44.5 Å². The Labute approximate surface area is 127 Å². The van der Waals surface area contributed by atoms with Gasteiger partial charge in [0.2, 0.25) is 10.0 Å². The summed E-state index contributed by atoms with van der Waals surface area (Å²) in [5, 5.41) is 3.15. The molecule has 2 rings (SSSR count). The summed E-state index contributed by atoms with van der Waals surface area (Å²) in [5.74, 6) is 0.722. The fourth-order valence-corrected chi connectivity index (χ4v) is 4.48. The number of pyridine rings is 1. The van der Waals surface area contributed by atoms with Crippen molar-refractivity contribution in [1.29, 1.82) is 0 Å². The summed E-state index contributed by atoms with van der Waals surface area (Å²) in [6, 6.07) is 3.54. The van der Waals surface area contributed by atoms with Gasteiger partial charge in [0.15, 0.2) is 0 Å². The minimum Gasteiger partial charge on any atom is -0.370 e. The molecule has 1 aromatic rings. The van der Waals surface area contributed by atoms with Crippen molar-refractivity contribution in [2.24, 2.45) is 0 Å². The van der Waals surface area contributed by atoms with Crippen molar-refractivity contribution >= 4 is 15.8 Å². The molecule has 0 bridgehead atoms. The van der Waals surface area contributed by atoms with Crippen molar-refractivity contribution < 1.29 is 8.42 Å². The lowest BCUT2D eigenvalue weighted by Gasteiger charge is -2.26. The van der Waals surface area contributed by atoms with Crippen molar-refractivity contribution in [3.8, 4) is 0 Å². The fraction of sp³-hybridized carbons (Fsp3) is 0.667. The number of sulfonamides is 1. The second-order valence-electron chi connectivity index (χ2n) is 5.45. The van der Waals surface area contributed by atoms with Crippen LogP contribution in [0.2, 0.25) is 0 Å². The van der Waals surface area contributed by atoms with Gasteiger partial charge in [0.1, 0.15) is 10.7 Å². The van der Waals surface area contributed by atoms with E-state index >= 15 is 0 Å². The predicted molar refractivity (Wildman–Crippen MR) is 84.8 cm³/mol. The van der Waals surface area contributed by atoms with Crippen LogP contribution in [0.4, 0.5) is 5.82 Å². The number of nitrogens with one attached hydrogen (secondary N) is 1. The topological polar surface area (TPSA) is 62.3 Å². The van der Waals surface area contributed by atoms with Gasteiger partial charge < -0.3 is 5.32 Å². The molecule has 1 saturated carbocycles. The highest BCUT2D eigenvalue weighted by molar-refractivity contribution is 7.89. The van der Waals surface area contributed by atoms with Crippen LogP contribution < -0.4 is 5.32 Å². The largest absolute Gasteiger partial charge is 0.370 e. The van der Waals surface area contributed by atoms with Gasteiger partial charge in [0.25, 0.3) is 0 Å². The summed E-state index contributed by atoms with van der Waals surface area (Å²) in [7, 11) is -3.43. The summed E-state index contributed by atoms with van der Waals surface area (Å²) in [4.78, 5) is 4.50. The Morgan fingerprint density at radius 1 is 1.29 bits per heavy atom. The lowest BCUT2D eigenvalue weighted by molar-refractivity contribution is 0.335. The summed E-state index contributed by atoms with van der Waals surface area (Å²) < 4.78 is 27.1. The first-order valence-corrected chi connectivity index (χ1v) is 9.25. The summed E-state index contributed by atoms with van der Waals surface area (Å²) in [5.41, 5.74) is 0. The van der Waals surface area contributed by atoms with E-state index in [1.807, 2.05) is 6.92 Å². The normalized spacial score (nSPS) is 16.5. The van der Waals surface area contributed by atoms with Crippen molar-refractivity contribution in [3.63, 3.8) is 0 Å². The van der Waals surface area contributed by atoms with Crippen molar-refractivity contribution in [3.05, 3.63) is 18.3 Å². The van der Waals surface area contributed by atoms with E-state index in [0.29, 0.717) is 11.4 Å². The molecular formula is C15H25N3O2S. The summed E-state index contributed by atoms with van der Waals surface area (Å²) >= 11 is 0. The lowest BCUT2D eigenvalue weighted by Crippen LogP contribution is -2.38. The highest BCUT2D eigenvalue weighted by atomic mass is 32.2. The maximum atomic E-state index is 12.7. The number of anilines is 1. The predicted octanol–water partition coefficient (Wildman–Crippen LogP) is 2.86. The first-order chi connectivity index (χ1) is 10.1. The van der Waals surface area contributed by atoms with Crippen molar-refractivity contribution in [2.45, 2.75) is 56.9 Å². The van der Waals surface area contributed by atoms with Gasteiger partial charge in [-0.05, 0) is 31.4 Å². The molecule has 1 aliphatic carbocycles. The molecule has 1 N–H and O–H groups in total. The lowest BCUT2D eigenvalue weighted by atomic mass is 10.2. The average Bonchev–Trinajstić information content (AvgIpc) is 3.00. The van der Waals surface area contributed by atoms with Crippen LogP contribution in [0.5, 0.6) is 0 Å². The van der Waals surface area contributed by atoms with Gasteiger partial charge in [0, 0.05) is 25.3 Å². The third-order valence-corrected chi connectivity index (χ3v) is 5.95. The number of hydrogen-bond donors (Lipinski definition) is 1. The maximum absolute atomic E-state index is 12.7. The van der Waals surface area contributed by atoms with Gasteiger partial charge in [-0.15, -0.1) is 0 Å². The van der Waals surface area contributed by atoms with Crippen molar-refractivity contribution in [2.75, 3.05) is 18.4 Å². The van der Waals surface area contributed by atoms with E-state index in [4.69, 9.17) is 0 Å². The summed E-state index contributed by atoms with van der Waals surface area (Å²) in [6.07, 6.45) is 6.65. The third-order valence-electron chi connectivity index (χ3n) is 3.94. The smallest absolute Gasteiger partial charge is 0.244 e. The Balaban J connectivity index is 2.17. The van der Waals surface area contributed by atoms with Gasteiger partial charge in [-0.2, -0.15) is 4.31 Å². The number of rotatable bonds is 7. The standard InChI is InChI=1S/C15H25N3O2S/c1-3-11-16-15-10-9-14(12-17-15)21(19,20)18(4-2)13-7-5-6-8-13/h9-10,12-13H,3-8,11H2,1-2H3,(H,16,17). The first kappa shape index (κ1) is 16.2. The van der Waals surface area contributed by atoms with Gasteiger partial charge in [-0.25, -0.2) is 13.4 Å². The van der Waals surface area contributed by atoms with E-state index in [1.165, 1.54) is 6.20 Å². The second kappa shape index (κ2) is 7.22. The Hall–Kier alpha value is -1.14. The summed E-state index contributed by atoms with van der Waals surface area (Å²) in [6.45, 7) is 5.33. The van der Waals surface area contributed by atoms with Crippen LogP contribution in [0.1, 0.15) is 46.0 Å². The molecule has 6 heteroatoms. The van der Waals surface area contributed by atoms with Gasteiger partial charge in [-0.1, -0.05) is 26.7 Å². The zero-order valence-electron chi connectivity index (χ0n) is 12.9. The minimum atomic E-state index is -3.43. The molecule has 5 nitrogen and oxygen atoms in total. The molecule has 118 valence electrons. The molecule has 0 aliphatic heterocycles. The fourth-order valence-electron chi connectivity index (χ4n) is 2.84. The maximum Gasteiger partial charge on any atom is 0.244 e. The highest BCUT2D eigenvalue weighted by Gasteiger charge is 2.32. The van der Waals surface area contributed by atoms with E-state index in [9.17, 15) is 8.42 Å². The number of nitrogens with zero attached hydrogens (tertiary/aromatic N) is 2. The molecular weight excluding hydrogens is 286 g/mol. The molecule has 0 atom stereocenters. The zero-order chi connectivity index (χ0) is 15.3. The van der Waals surface area contributed by atoms with E-state index in [1.54, 1.807) is 16.4 Å². The van der Waals surface area contributed by atoms with Crippen LogP contribution in [0.25, 0.3) is 0 Å². The van der Waals surface area contributed by atoms with E-state index in [-0.39, 0.29) is 6.04 Å². The molecule has 0 saturated heterocycles. The molecule has 0 radical (unpaired) electrons. The Morgan fingerprint density at radius 2 is 2.00 bits per heavy atom. The quantitative estimate of drug-likeness (QED) is 0.841. The van der Waals surface area contributed by atoms with Crippen LogP contribution in [0.15, 0.2) is 23.2 Å². The number of aromatic nitrogens is 1. The van der Waals surface area contributed by atoms with Crippen LogP contribution in [-0.4, -0.2) is 36.8 Å². The van der Waals surface area contributed by atoms with Crippen LogP contribution in [0, 0.1) is 0 Å². The van der Waals surface area contributed by atoms with Crippen LogP contribution >= 0.6 is 0 Å². The molecule has 1 aliphatic rings. The molecule has 1 aromatic heterocycles. The second-order valence-corrected chi connectivity index (χ2v) is 7.34. The molecule has 1 fully saturated rings. The molecule has 1 heterocycles. The minimum absolute atomic E-state index is 0.151. The zero-order valence-corrected chi connectivity index (χ0v) is 13.7. The SMILES string of the molecule is CCCNc1ccc(S(=O)(=O)N(CC)C2CCCC2)cn1. The van der Waals surface area contributed by atoms with Crippen LogP contribution in [0.3, 0.4) is 0 Å². The molecule has 0 aromatic carbocycles. The third kappa shape index (κ3) is 3.74. The van der Waals surface area contributed by atoms with Gasteiger partial charge >= 0.3 is 0 Å². The molecule has 21 heavy (non-hydrogen) atoms. The Kier molecular flexibility index (Phi) is 5.58. The highest BCUT2D eigenvalue weighted by Crippen LogP contribution is 2.28. The van der Waals surface area contributed by atoms with Gasteiger partial charge in [0.05, 0.1) is 0 Å². The van der Waals surface area contributed by atoms with Gasteiger partial charge in [-0.3, -0.25) is 0 Å². The van der Waals surface area contributed by atoms with Crippen molar-refractivity contribution in [1.82, 2.24) is 9.29 Å². The first-order valence-electron chi connectivity index (χ1n) is 7.81. The average molecular weight is 311 g/mol. The molecule has 0 unspecified atom stereocenters. The van der Waals surface area contributed by atoms with E-state index in [2.05, 4.69) is 17.2 Å². The Bertz CT molecular complexity index is 537. The number of hydrogen-bond acceptors (Lipinski definition) is 4. The van der Waals surface area contributed by atoms with Crippen LogP contribution in [-0.2, 0) is 10.0 Å². The molecule has 0 amide bonds. The Morgan fingerprint density at radius 3 is 2.52 bits per heavy atom. The monoisotopic (exact) mass is 311 g/mol.